The first kappa shape index (κ1) is 22.7. The summed E-state index contributed by atoms with van der Waals surface area (Å²) in [5.74, 6) is 1.15. The number of nitrogens with zero attached hydrogens (tertiary/aromatic N) is 4. The Morgan fingerprint density at radius 3 is 2.64 bits per heavy atom. The molecule has 1 unspecified atom stereocenters. The Balaban J connectivity index is 1.01. The number of para-hydroxylation sites is 2. The minimum absolute atomic E-state index is 0.0484. The van der Waals surface area contributed by atoms with Gasteiger partial charge in [0.1, 0.15) is 0 Å². The lowest BCUT2D eigenvalue weighted by molar-refractivity contribution is -0.125. The van der Waals surface area contributed by atoms with Crippen molar-refractivity contribution in [1.82, 2.24) is 25.1 Å². The highest BCUT2D eigenvalue weighted by atomic mass is 16.1. The van der Waals surface area contributed by atoms with E-state index in [2.05, 4.69) is 31.1 Å². The van der Waals surface area contributed by atoms with E-state index in [9.17, 15) is 4.79 Å². The summed E-state index contributed by atoms with van der Waals surface area (Å²) in [6, 6.07) is 8.92. The molecule has 1 aromatic heterocycles. The second kappa shape index (κ2) is 10.9. The predicted octanol–water partition coefficient (Wildman–Crippen LogP) is 3.24. The molecule has 33 heavy (non-hydrogen) atoms. The van der Waals surface area contributed by atoms with E-state index >= 15 is 0 Å². The normalized spacial score (nSPS) is 23.8. The van der Waals surface area contributed by atoms with Crippen LogP contribution in [0.2, 0.25) is 0 Å². The number of hydrogen-bond acceptors (Lipinski definition) is 5. The monoisotopic (exact) mass is 452 g/mol. The number of piperidine rings is 3. The lowest BCUT2D eigenvalue weighted by Crippen LogP contribution is -2.47. The first-order chi connectivity index (χ1) is 16.3. The van der Waals surface area contributed by atoms with Crippen LogP contribution < -0.4 is 10.2 Å². The second-order valence-corrected chi connectivity index (χ2v) is 10.2. The van der Waals surface area contributed by atoms with Crippen molar-refractivity contribution in [2.45, 2.75) is 57.4 Å². The number of hydrogen-bond donors (Lipinski definition) is 2. The molecular weight excluding hydrogens is 412 g/mol. The quantitative estimate of drug-likeness (QED) is 0.632. The summed E-state index contributed by atoms with van der Waals surface area (Å²) in [4.78, 5) is 28.5. The molecule has 0 saturated carbocycles. The van der Waals surface area contributed by atoms with E-state index < -0.39 is 0 Å². The largest absolute Gasteiger partial charge is 0.356 e. The van der Waals surface area contributed by atoms with Gasteiger partial charge in [0.15, 0.2) is 0 Å². The van der Waals surface area contributed by atoms with E-state index in [0.717, 1.165) is 68.5 Å². The summed E-state index contributed by atoms with van der Waals surface area (Å²) >= 11 is 0. The zero-order chi connectivity index (χ0) is 22.5. The summed E-state index contributed by atoms with van der Waals surface area (Å²) in [7, 11) is 0. The minimum Gasteiger partial charge on any atom is -0.356 e. The van der Waals surface area contributed by atoms with Crippen molar-refractivity contribution in [3.05, 3.63) is 24.3 Å². The van der Waals surface area contributed by atoms with Crippen LogP contribution in [0.15, 0.2) is 24.3 Å². The van der Waals surface area contributed by atoms with Gasteiger partial charge in [0.2, 0.25) is 11.9 Å². The number of aromatic nitrogens is 2. The molecule has 1 atom stereocenters. The van der Waals surface area contributed by atoms with Crippen molar-refractivity contribution in [3.8, 4) is 0 Å². The third kappa shape index (κ3) is 5.69. The van der Waals surface area contributed by atoms with E-state index in [1.54, 1.807) is 0 Å². The highest BCUT2D eigenvalue weighted by molar-refractivity contribution is 5.80. The third-order valence-corrected chi connectivity index (χ3v) is 7.88. The maximum Gasteiger partial charge on any atom is 0.224 e. The smallest absolute Gasteiger partial charge is 0.224 e. The lowest BCUT2D eigenvalue weighted by atomic mass is 9.97. The maximum atomic E-state index is 12.8. The van der Waals surface area contributed by atoms with Crippen LogP contribution in [0, 0.1) is 5.92 Å². The highest BCUT2D eigenvalue weighted by Crippen LogP contribution is 2.24. The summed E-state index contributed by atoms with van der Waals surface area (Å²) < 4.78 is 0. The number of likely N-dealkylation sites (tertiary alicyclic amines) is 2. The summed E-state index contributed by atoms with van der Waals surface area (Å²) in [5, 5.41) is 3.22. The van der Waals surface area contributed by atoms with Gasteiger partial charge in [-0.25, -0.2) is 4.98 Å². The Kier molecular flexibility index (Phi) is 7.47. The fourth-order valence-corrected chi connectivity index (χ4v) is 5.92. The van der Waals surface area contributed by atoms with Gasteiger partial charge in [-0.15, -0.1) is 0 Å². The Hall–Kier alpha value is -2.12. The van der Waals surface area contributed by atoms with Gasteiger partial charge >= 0.3 is 0 Å². The van der Waals surface area contributed by atoms with Crippen molar-refractivity contribution in [2.75, 3.05) is 57.3 Å². The van der Waals surface area contributed by atoms with Crippen molar-refractivity contribution in [1.29, 1.82) is 0 Å². The molecule has 1 amide bonds. The third-order valence-electron chi connectivity index (χ3n) is 7.88. The molecule has 0 bridgehead atoms. The van der Waals surface area contributed by atoms with Gasteiger partial charge in [0.25, 0.3) is 0 Å². The fraction of sp³-hybridized carbons (Fsp3) is 0.692. The minimum atomic E-state index is 0.0484. The molecule has 7 nitrogen and oxygen atoms in total. The summed E-state index contributed by atoms with van der Waals surface area (Å²) in [6.07, 6.45) is 9.85. The number of H-pyrrole nitrogens is 1. The molecule has 3 saturated heterocycles. The first-order valence-electron chi connectivity index (χ1n) is 13.2. The molecule has 0 aliphatic carbocycles. The van der Waals surface area contributed by atoms with E-state index in [0.29, 0.717) is 0 Å². The number of carbonyl (C=O) groups excluding carboxylic acids is 1. The van der Waals surface area contributed by atoms with Crippen molar-refractivity contribution < 1.29 is 4.79 Å². The zero-order valence-electron chi connectivity index (χ0n) is 20.0. The molecule has 7 heteroatoms. The molecule has 3 aliphatic rings. The summed E-state index contributed by atoms with van der Waals surface area (Å²) in [6.45, 7) is 8.63. The number of imidazole rings is 1. The van der Waals surface area contributed by atoms with Crippen LogP contribution in [0.3, 0.4) is 0 Å². The van der Waals surface area contributed by atoms with Crippen LogP contribution in [0.5, 0.6) is 0 Å². The molecule has 4 heterocycles. The first-order valence-corrected chi connectivity index (χ1v) is 13.2. The van der Waals surface area contributed by atoms with E-state index in [1.165, 1.54) is 58.3 Å². The molecule has 3 aliphatic heterocycles. The van der Waals surface area contributed by atoms with Crippen LogP contribution in [0.25, 0.3) is 11.0 Å². The number of aromatic amines is 1. The van der Waals surface area contributed by atoms with Gasteiger partial charge in [0.05, 0.1) is 17.0 Å². The molecule has 180 valence electrons. The number of rotatable bonds is 7. The topological polar surface area (TPSA) is 67.5 Å². The van der Waals surface area contributed by atoms with Crippen LogP contribution in [-0.4, -0.2) is 84.1 Å². The second-order valence-electron chi connectivity index (χ2n) is 10.2. The van der Waals surface area contributed by atoms with Crippen molar-refractivity contribution >= 4 is 22.9 Å². The molecule has 5 rings (SSSR count). The van der Waals surface area contributed by atoms with Gasteiger partial charge in [-0.05, 0) is 89.8 Å². The van der Waals surface area contributed by atoms with Crippen LogP contribution in [-0.2, 0) is 4.79 Å². The average molecular weight is 453 g/mol. The molecule has 3 fully saturated rings. The van der Waals surface area contributed by atoms with Crippen LogP contribution >= 0.6 is 0 Å². The number of amides is 1. The molecule has 1 aromatic carbocycles. The van der Waals surface area contributed by atoms with Crippen molar-refractivity contribution in [3.63, 3.8) is 0 Å². The molecule has 2 N–H and O–H groups in total. The molecule has 0 radical (unpaired) electrons. The molecule has 0 spiro atoms. The van der Waals surface area contributed by atoms with Gasteiger partial charge in [-0.3, -0.25) is 4.79 Å². The predicted molar refractivity (Wildman–Crippen MR) is 134 cm³/mol. The lowest BCUT2D eigenvalue weighted by Gasteiger charge is -2.40. The molecule has 2 aromatic rings. The number of anilines is 1. The Bertz CT molecular complexity index is 866. The van der Waals surface area contributed by atoms with Crippen molar-refractivity contribution in [2.24, 2.45) is 5.92 Å². The summed E-state index contributed by atoms with van der Waals surface area (Å²) in [5.41, 5.74) is 2.04. The Morgan fingerprint density at radius 1 is 1.00 bits per heavy atom. The number of benzene rings is 1. The van der Waals surface area contributed by atoms with Gasteiger partial charge < -0.3 is 25.0 Å². The van der Waals surface area contributed by atoms with Gasteiger partial charge in [0, 0.05) is 25.7 Å². The SMILES string of the molecule is O=C(NCCCN1CCC(N2CCCCC2)CC1)C1CCCN(c2nc3ccccc3[nH]2)C1. The van der Waals surface area contributed by atoms with Crippen LogP contribution in [0.1, 0.15) is 51.4 Å². The van der Waals surface area contributed by atoms with E-state index in [-0.39, 0.29) is 11.8 Å². The van der Waals surface area contributed by atoms with Crippen LogP contribution in [0.4, 0.5) is 5.95 Å². The highest BCUT2D eigenvalue weighted by Gasteiger charge is 2.28. The maximum absolute atomic E-state index is 12.8. The number of carbonyl (C=O) groups is 1. The Labute approximate surface area is 197 Å². The average Bonchev–Trinajstić information content (AvgIpc) is 3.32. The van der Waals surface area contributed by atoms with Gasteiger partial charge in [-0.1, -0.05) is 18.6 Å². The fourth-order valence-electron chi connectivity index (χ4n) is 5.92. The standard InChI is InChI=1S/C26H40N6O/c33-25(21-8-6-17-32(20-21)26-28-23-9-2-3-10-24(23)29-26)27-13-7-14-30-18-11-22(12-19-30)31-15-4-1-5-16-31/h2-3,9-10,21-22H,1,4-8,11-20H2,(H,27,33)(H,28,29). The number of fused-ring (bicyclic) bond motifs is 1. The number of nitrogens with one attached hydrogen (secondary N) is 2. The van der Waals surface area contributed by atoms with E-state index in [4.69, 9.17) is 4.98 Å². The van der Waals surface area contributed by atoms with Gasteiger partial charge in [-0.2, -0.15) is 0 Å². The molecular formula is C26H40N6O. The van der Waals surface area contributed by atoms with E-state index in [1.807, 2.05) is 18.2 Å². The zero-order valence-corrected chi connectivity index (χ0v) is 20.0. The Morgan fingerprint density at radius 2 is 1.82 bits per heavy atom.